The van der Waals surface area contributed by atoms with Gasteiger partial charge in [0.05, 0.1) is 0 Å². The van der Waals surface area contributed by atoms with Gasteiger partial charge < -0.3 is 10.4 Å². The lowest BCUT2D eigenvalue weighted by atomic mass is 10.1. The van der Waals surface area contributed by atoms with Gasteiger partial charge in [-0.1, -0.05) is 6.92 Å². The summed E-state index contributed by atoms with van der Waals surface area (Å²) in [7, 11) is 0. The van der Waals surface area contributed by atoms with E-state index >= 15 is 0 Å². The summed E-state index contributed by atoms with van der Waals surface area (Å²) >= 11 is 4.80. The molecule has 0 aliphatic heterocycles. The Balaban J connectivity index is 2.22. The molecule has 4 nitrogen and oxygen atoms in total. The van der Waals surface area contributed by atoms with Crippen molar-refractivity contribution in [3.63, 3.8) is 0 Å². The van der Waals surface area contributed by atoms with Crippen molar-refractivity contribution in [1.29, 1.82) is 0 Å². The molecule has 1 aromatic rings. The van der Waals surface area contributed by atoms with Gasteiger partial charge in [0.2, 0.25) is 0 Å². The van der Waals surface area contributed by atoms with Crippen molar-refractivity contribution >= 4 is 38.4 Å². The lowest BCUT2D eigenvalue weighted by Gasteiger charge is -2.09. The highest BCUT2D eigenvalue weighted by Gasteiger charge is 2.06. The maximum atomic E-state index is 10.3. The molecule has 2 N–H and O–H groups in total. The Morgan fingerprint density at radius 3 is 3.07 bits per heavy atom. The van der Waals surface area contributed by atoms with Crippen LogP contribution < -0.4 is 5.32 Å². The summed E-state index contributed by atoms with van der Waals surface area (Å²) in [4.78, 5) is 14.5. The monoisotopic (exact) mass is 292 g/mol. The van der Waals surface area contributed by atoms with Crippen LogP contribution in [-0.4, -0.2) is 22.6 Å². The number of carboxylic acids is 1. The highest BCUT2D eigenvalue weighted by atomic mass is 79.9. The van der Waals surface area contributed by atoms with Crippen molar-refractivity contribution in [1.82, 2.24) is 4.98 Å². The highest BCUT2D eigenvalue weighted by Crippen LogP contribution is 2.19. The van der Waals surface area contributed by atoms with E-state index in [0.29, 0.717) is 12.3 Å². The van der Waals surface area contributed by atoms with Gasteiger partial charge in [0.1, 0.15) is 4.60 Å². The topological polar surface area (TPSA) is 62.2 Å². The summed E-state index contributed by atoms with van der Waals surface area (Å²) in [6, 6.07) is 0. The van der Waals surface area contributed by atoms with Gasteiger partial charge in [-0.25, -0.2) is 4.98 Å². The minimum absolute atomic E-state index is 0.227. The second-order valence-corrected chi connectivity index (χ2v) is 5.06. The maximum Gasteiger partial charge on any atom is 0.303 e. The molecule has 84 valence electrons. The van der Waals surface area contributed by atoms with E-state index in [1.54, 1.807) is 0 Å². The molecule has 0 saturated heterocycles. The first kappa shape index (κ1) is 12.4. The molecule has 1 heterocycles. The minimum Gasteiger partial charge on any atom is -0.481 e. The van der Waals surface area contributed by atoms with Crippen LogP contribution in [0.1, 0.15) is 19.8 Å². The van der Waals surface area contributed by atoms with Gasteiger partial charge in [0.15, 0.2) is 5.13 Å². The molecular formula is C9H13BrN2O2S. The predicted octanol–water partition coefficient (Wildman–Crippen LogP) is 2.82. The van der Waals surface area contributed by atoms with Crippen molar-refractivity contribution in [3.05, 3.63) is 9.98 Å². The molecular weight excluding hydrogens is 280 g/mol. The SMILES string of the molecule is CC(CCC(=O)O)CNc1nc(Br)cs1. The molecule has 0 bridgehead atoms. The molecule has 1 aromatic heterocycles. The number of aliphatic carboxylic acids is 1. The Kier molecular flexibility index (Phi) is 5.04. The average molecular weight is 293 g/mol. The Hall–Kier alpha value is -0.620. The zero-order valence-corrected chi connectivity index (χ0v) is 10.8. The van der Waals surface area contributed by atoms with Gasteiger partial charge in [-0.05, 0) is 28.3 Å². The number of rotatable bonds is 6. The van der Waals surface area contributed by atoms with E-state index in [-0.39, 0.29) is 6.42 Å². The molecule has 15 heavy (non-hydrogen) atoms. The Morgan fingerprint density at radius 2 is 2.53 bits per heavy atom. The summed E-state index contributed by atoms with van der Waals surface area (Å²) in [5, 5.41) is 14.5. The van der Waals surface area contributed by atoms with Gasteiger partial charge in [-0.2, -0.15) is 0 Å². The van der Waals surface area contributed by atoms with Gasteiger partial charge >= 0.3 is 5.97 Å². The first-order valence-corrected chi connectivity index (χ1v) is 6.32. The first-order chi connectivity index (χ1) is 7.08. The lowest BCUT2D eigenvalue weighted by Crippen LogP contribution is -2.12. The molecule has 0 aliphatic carbocycles. The number of carbonyl (C=O) groups is 1. The molecule has 6 heteroatoms. The second-order valence-electron chi connectivity index (χ2n) is 3.39. The highest BCUT2D eigenvalue weighted by molar-refractivity contribution is 9.10. The number of nitrogens with one attached hydrogen (secondary N) is 1. The fourth-order valence-electron chi connectivity index (χ4n) is 1.07. The summed E-state index contributed by atoms with van der Waals surface area (Å²) < 4.78 is 0.827. The van der Waals surface area contributed by atoms with Crippen molar-refractivity contribution in [3.8, 4) is 0 Å². The van der Waals surface area contributed by atoms with E-state index in [1.165, 1.54) is 11.3 Å². The van der Waals surface area contributed by atoms with Gasteiger partial charge in [0, 0.05) is 18.3 Å². The van der Waals surface area contributed by atoms with E-state index in [2.05, 4.69) is 26.2 Å². The van der Waals surface area contributed by atoms with Crippen LogP contribution in [-0.2, 0) is 4.79 Å². The third kappa shape index (κ3) is 5.13. The molecule has 0 aromatic carbocycles. The molecule has 0 spiro atoms. The largest absolute Gasteiger partial charge is 0.481 e. The number of aromatic nitrogens is 1. The van der Waals surface area contributed by atoms with E-state index in [9.17, 15) is 4.79 Å². The first-order valence-electron chi connectivity index (χ1n) is 4.64. The van der Waals surface area contributed by atoms with Crippen LogP contribution in [0.15, 0.2) is 9.98 Å². The van der Waals surface area contributed by atoms with Crippen LogP contribution in [0.3, 0.4) is 0 Å². The van der Waals surface area contributed by atoms with Crippen LogP contribution in [0.25, 0.3) is 0 Å². The summed E-state index contributed by atoms with van der Waals surface area (Å²) in [5.41, 5.74) is 0. The van der Waals surface area contributed by atoms with Gasteiger partial charge in [-0.15, -0.1) is 11.3 Å². The van der Waals surface area contributed by atoms with Crippen molar-refractivity contribution < 1.29 is 9.90 Å². The lowest BCUT2D eigenvalue weighted by molar-refractivity contribution is -0.137. The Bertz CT molecular complexity index is 330. The molecule has 0 aliphatic rings. The van der Waals surface area contributed by atoms with Crippen molar-refractivity contribution in [2.24, 2.45) is 5.92 Å². The normalized spacial score (nSPS) is 12.4. The smallest absolute Gasteiger partial charge is 0.303 e. The fraction of sp³-hybridized carbons (Fsp3) is 0.556. The quantitative estimate of drug-likeness (QED) is 0.846. The van der Waals surface area contributed by atoms with E-state index in [4.69, 9.17) is 5.11 Å². The van der Waals surface area contributed by atoms with E-state index in [0.717, 1.165) is 16.3 Å². The zero-order chi connectivity index (χ0) is 11.3. The van der Waals surface area contributed by atoms with Gasteiger partial charge in [-0.3, -0.25) is 4.79 Å². The Morgan fingerprint density at radius 1 is 1.80 bits per heavy atom. The van der Waals surface area contributed by atoms with Crippen molar-refractivity contribution in [2.45, 2.75) is 19.8 Å². The number of anilines is 1. The molecule has 0 fully saturated rings. The number of nitrogens with zero attached hydrogens (tertiary/aromatic N) is 1. The third-order valence-corrected chi connectivity index (χ3v) is 3.44. The zero-order valence-electron chi connectivity index (χ0n) is 8.36. The van der Waals surface area contributed by atoms with Crippen LogP contribution in [0, 0.1) is 5.92 Å². The number of hydrogen-bond donors (Lipinski definition) is 2. The van der Waals surface area contributed by atoms with E-state index in [1.807, 2.05) is 12.3 Å². The minimum atomic E-state index is -0.737. The van der Waals surface area contributed by atoms with Crippen LogP contribution in [0.5, 0.6) is 0 Å². The summed E-state index contributed by atoms with van der Waals surface area (Å²) in [6.45, 7) is 2.78. The molecule has 1 atom stereocenters. The number of thiazole rings is 1. The van der Waals surface area contributed by atoms with E-state index < -0.39 is 5.97 Å². The van der Waals surface area contributed by atoms with Crippen LogP contribution in [0.2, 0.25) is 0 Å². The fourth-order valence-corrected chi connectivity index (χ4v) is 2.22. The predicted molar refractivity (Wildman–Crippen MR) is 64.3 cm³/mol. The number of carboxylic acid groups (broad SMARTS) is 1. The number of hydrogen-bond acceptors (Lipinski definition) is 4. The number of halogens is 1. The van der Waals surface area contributed by atoms with Crippen molar-refractivity contribution in [2.75, 3.05) is 11.9 Å². The maximum absolute atomic E-state index is 10.3. The standard InChI is InChI=1S/C9H13BrN2O2S/c1-6(2-3-8(13)14)4-11-9-12-7(10)5-15-9/h5-6H,2-4H2,1H3,(H,11,12)(H,13,14). The summed E-state index contributed by atoms with van der Waals surface area (Å²) in [6.07, 6.45) is 0.916. The van der Waals surface area contributed by atoms with Crippen LogP contribution in [0.4, 0.5) is 5.13 Å². The molecule has 0 amide bonds. The molecule has 0 radical (unpaired) electrons. The average Bonchev–Trinajstić information content (AvgIpc) is 2.58. The third-order valence-electron chi connectivity index (χ3n) is 1.93. The molecule has 0 saturated carbocycles. The Labute approximate surface area is 101 Å². The molecule has 1 unspecified atom stereocenters. The molecule has 1 rings (SSSR count). The van der Waals surface area contributed by atoms with Crippen LogP contribution >= 0.6 is 27.3 Å². The summed E-state index contributed by atoms with van der Waals surface area (Å²) in [5.74, 6) is -0.400. The van der Waals surface area contributed by atoms with Gasteiger partial charge in [0.25, 0.3) is 0 Å². The second kappa shape index (κ2) is 6.07.